The fraction of sp³-hybridized carbons (Fsp3) is 0.250. The monoisotopic (exact) mass is 367 g/mol. The van der Waals surface area contributed by atoms with Crippen molar-refractivity contribution in [3.05, 3.63) is 60.2 Å². The van der Waals surface area contributed by atoms with E-state index in [9.17, 15) is 14.4 Å². The molecule has 2 aromatic carbocycles. The van der Waals surface area contributed by atoms with Crippen LogP contribution < -0.4 is 15.4 Å². The van der Waals surface area contributed by atoms with Crippen LogP contribution in [0.1, 0.15) is 18.4 Å². The second kappa shape index (κ2) is 8.35. The molecule has 0 bridgehead atoms. The largest absolute Gasteiger partial charge is 0.497 e. The number of ether oxygens (including phenoxy) is 1. The highest BCUT2D eigenvalue weighted by molar-refractivity contribution is 6.04. The average molecular weight is 367 g/mol. The minimum atomic E-state index is -0.683. The van der Waals surface area contributed by atoms with Gasteiger partial charge < -0.3 is 15.4 Å². The molecule has 2 aromatic rings. The van der Waals surface area contributed by atoms with Gasteiger partial charge in [0.15, 0.2) is 0 Å². The van der Waals surface area contributed by atoms with Gasteiger partial charge in [0, 0.05) is 12.1 Å². The number of para-hydroxylation sites is 1. The van der Waals surface area contributed by atoms with E-state index >= 15 is 0 Å². The van der Waals surface area contributed by atoms with Crippen molar-refractivity contribution in [2.24, 2.45) is 0 Å². The molecule has 0 aliphatic carbocycles. The molecule has 0 aromatic heterocycles. The molecule has 1 saturated heterocycles. The van der Waals surface area contributed by atoms with Crippen molar-refractivity contribution in [1.29, 1.82) is 0 Å². The Balaban J connectivity index is 1.53. The maximum absolute atomic E-state index is 12.5. The first kappa shape index (κ1) is 18.4. The molecule has 1 aliphatic rings. The lowest BCUT2D eigenvalue weighted by molar-refractivity contribution is -0.128. The number of imide groups is 1. The summed E-state index contributed by atoms with van der Waals surface area (Å²) in [6, 6.07) is 15.1. The Morgan fingerprint density at radius 1 is 1.11 bits per heavy atom. The van der Waals surface area contributed by atoms with Crippen LogP contribution in [0.4, 0.5) is 10.5 Å². The van der Waals surface area contributed by atoms with E-state index in [-0.39, 0.29) is 31.2 Å². The van der Waals surface area contributed by atoms with Gasteiger partial charge in [0.25, 0.3) is 5.91 Å². The Bertz CT molecular complexity index is 821. The van der Waals surface area contributed by atoms with Crippen molar-refractivity contribution in [2.45, 2.75) is 25.4 Å². The summed E-state index contributed by atoms with van der Waals surface area (Å²) >= 11 is 0. The minimum absolute atomic E-state index is 0.141. The predicted molar refractivity (Wildman–Crippen MR) is 100 cm³/mol. The number of nitrogens with zero attached hydrogens (tertiary/aromatic N) is 1. The molecule has 1 fully saturated rings. The maximum atomic E-state index is 12.5. The highest BCUT2D eigenvalue weighted by Crippen LogP contribution is 2.18. The third kappa shape index (κ3) is 4.63. The van der Waals surface area contributed by atoms with Crippen LogP contribution in [0.15, 0.2) is 54.6 Å². The van der Waals surface area contributed by atoms with E-state index < -0.39 is 12.1 Å². The minimum Gasteiger partial charge on any atom is -0.497 e. The molecular weight excluding hydrogens is 346 g/mol. The molecule has 0 unspecified atom stereocenters. The molecule has 2 N–H and O–H groups in total. The van der Waals surface area contributed by atoms with Crippen molar-refractivity contribution < 1.29 is 19.1 Å². The number of methoxy groups -OCH3 is 1. The number of amides is 4. The summed E-state index contributed by atoms with van der Waals surface area (Å²) in [7, 11) is 1.57. The van der Waals surface area contributed by atoms with E-state index in [1.807, 2.05) is 18.2 Å². The van der Waals surface area contributed by atoms with Crippen LogP contribution in [0.3, 0.4) is 0 Å². The summed E-state index contributed by atoms with van der Waals surface area (Å²) in [6.45, 7) is 0.182. The molecule has 0 spiro atoms. The first-order valence-corrected chi connectivity index (χ1v) is 8.66. The highest BCUT2D eigenvalue weighted by atomic mass is 16.5. The van der Waals surface area contributed by atoms with Crippen LogP contribution >= 0.6 is 0 Å². The van der Waals surface area contributed by atoms with Gasteiger partial charge in [0.05, 0.1) is 13.7 Å². The van der Waals surface area contributed by atoms with Crippen molar-refractivity contribution in [3.63, 3.8) is 0 Å². The summed E-state index contributed by atoms with van der Waals surface area (Å²) in [6.07, 6.45) is 0.393. The van der Waals surface area contributed by atoms with Crippen molar-refractivity contribution in [2.75, 3.05) is 12.4 Å². The van der Waals surface area contributed by atoms with E-state index in [0.717, 1.165) is 5.56 Å². The molecule has 1 aliphatic heterocycles. The number of rotatable bonds is 7. The zero-order chi connectivity index (χ0) is 19.2. The quantitative estimate of drug-likeness (QED) is 0.736. The zero-order valence-electron chi connectivity index (χ0n) is 15.0. The van der Waals surface area contributed by atoms with Crippen LogP contribution in [0.5, 0.6) is 5.75 Å². The number of hydrogen-bond donors (Lipinski definition) is 2. The van der Waals surface area contributed by atoms with Crippen LogP contribution in [0, 0.1) is 0 Å². The van der Waals surface area contributed by atoms with Crippen LogP contribution in [0.2, 0.25) is 0 Å². The Kier molecular flexibility index (Phi) is 5.71. The molecule has 27 heavy (non-hydrogen) atoms. The average Bonchev–Trinajstić information content (AvgIpc) is 2.95. The number of urea groups is 1. The van der Waals surface area contributed by atoms with Crippen LogP contribution in [-0.2, 0) is 16.1 Å². The Morgan fingerprint density at radius 3 is 2.48 bits per heavy atom. The van der Waals surface area contributed by atoms with Gasteiger partial charge in [0.2, 0.25) is 5.91 Å². The molecule has 0 radical (unpaired) electrons. The van der Waals surface area contributed by atoms with Gasteiger partial charge in [-0.1, -0.05) is 30.3 Å². The topological polar surface area (TPSA) is 87.7 Å². The molecular formula is C20H21N3O4. The SMILES string of the molecule is COc1ccc(CN2C(=O)N[C@@H](CCC(=O)Nc3ccccc3)C2=O)cc1. The number of carbonyl (C=O) groups is 3. The molecule has 140 valence electrons. The van der Waals surface area contributed by atoms with E-state index in [0.29, 0.717) is 11.4 Å². The second-order valence-electron chi connectivity index (χ2n) is 6.23. The lowest BCUT2D eigenvalue weighted by atomic mass is 10.1. The van der Waals surface area contributed by atoms with E-state index in [4.69, 9.17) is 4.74 Å². The summed E-state index contributed by atoms with van der Waals surface area (Å²) in [4.78, 5) is 37.8. The molecule has 3 rings (SSSR count). The van der Waals surface area contributed by atoms with E-state index in [1.165, 1.54) is 4.90 Å². The van der Waals surface area contributed by atoms with Gasteiger partial charge in [-0.15, -0.1) is 0 Å². The first-order valence-electron chi connectivity index (χ1n) is 8.66. The summed E-state index contributed by atoms with van der Waals surface area (Å²) < 4.78 is 5.10. The van der Waals surface area contributed by atoms with Gasteiger partial charge in [-0.2, -0.15) is 0 Å². The molecule has 7 heteroatoms. The third-order valence-electron chi connectivity index (χ3n) is 4.32. The molecule has 7 nitrogen and oxygen atoms in total. The summed E-state index contributed by atoms with van der Waals surface area (Å²) in [5, 5.41) is 5.41. The molecule has 1 heterocycles. The number of carbonyl (C=O) groups excluding carboxylic acids is 3. The zero-order valence-corrected chi connectivity index (χ0v) is 15.0. The Morgan fingerprint density at radius 2 is 1.81 bits per heavy atom. The number of nitrogens with one attached hydrogen (secondary N) is 2. The third-order valence-corrected chi connectivity index (χ3v) is 4.32. The molecule has 4 amide bonds. The van der Waals surface area contributed by atoms with E-state index in [2.05, 4.69) is 10.6 Å². The molecule has 1 atom stereocenters. The standard InChI is InChI=1S/C20H21N3O4/c1-27-16-9-7-14(8-10-16)13-23-19(25)17(22-20(23)26)11-12-18(24)21-15-5-3-2-4-6-15/h2-10,17H,11-13H2,1H3,(H,21,24)(H,22,26)/t17-/m0/s1. The second-order valence-corrected chi connectivity index (χ2v) is 6.23. The fourth-order valence-electron chi connectivity index (χ4n) is 2.86. The van der Waals surface area contributed by atoms with Gasteiger partial charge in [-0.25, -0.2) is 4.79 Å². The van der Waals surface area contributed by atoms with Gasteiger partial charge in [0.1, 0.15) is 11.8 Å². The first-order chi connectivity index (χ1) is 13.1. The van der Waals surface area contributed by atoms with Gasteiger partial charge in [-0.05, 0) is 36.2 Å². The molecule has 0 saturated carbocycles. The summed E-state index contributed by atoms with van der Waals surface area (Å²) in [5.74, 6) is 0.193. The van der Waals surface area contributed by atoms with E-state index in [1.54, 1.807) is 43.5 Å². The van der Waals surface area contributed by atoms with Crippen LogP contribution in [-0.4, -0.2) is 35.9 Å². The number of anilines is 1. The number of hydrogen-bond acceptors (Lipinski definition) is 4. The van der Waals surface area contributed by atoms with Crippen molar-refractivity contribution in [1.82, 2.24) is 10.2 Å². The lowest BCUT2D eigenvalue weighted by Gasteiger charge is -2.13. The lowest BCUT2D eigenvalue weighted by Crippen LogP contribution is -2.31. The van der Waals surface area contributed by atoms with Gasteiger partial charge in [-0.3, -0.25) is 14.5 Å². The normalized spacial score (nSPS) is 16.2. The number of benzene rings is 2. The van der Waals surface area contributed by atoms with Crippen LogP contribution in [0.25, 0.3) is 0 Å². The Hall–Kier alpha value is -3.35. The summed E-state index contributed by atoms with van der Waals surface area (Å²) in [5.41, 5.74) is 1.52. The van der Waals surface area contributed by atoms with Crippen molar-refractivity contribution in [3.8, 4) is 5.75 Å². The smallest absolute Gasteiger partial charge is 0.325 e. The van der Waals surface area contributed by atoms with Gasteiger partial charge >= 0.3 is 6.03 Å². The van der Waals surface area contributed by atoms with Crippen molar-refractivity contribution >= 4 is 23.5 Å². The highest BCUT2D eigenvalue weighted by Gasteiger charge is 2.37. The Labute approximate surface area is 157 Å². The predicted octanol–water partition coefficient (Wildman–Crippen LogP) is 2.53. The fourth-order valence-corrected chi connectivity index (χ4v) is 2.86. The maximum Gasteiger partial charge on any atom is 0.325 e.